The van der Waals surface area contributed by atoms with Crippen molar-refractivity contribution in [3.63, 3.8) is 0 Å². The Morgan fingerprint density at radius 1 is 0.307 bits per heavy atom. The SMILES string of the molecule is C[N+]([O-])=Nc1ccc(N=Nc2c(S(=O)(=O)O)cc3cc(S(=O)(=O)O)c(N=Nc4cc(OCCO)c(N=Nc5ccc(N)cc5S(=O)(=O)O)cc4OCCO)c(O)c3c2O)c(S(=O)(=O)O)c1.Cc1ccc(N=Nc2c(S(=O)(=O)O)cc3cc(S(=O)(=O)O)c(N=Nc4cc(OCCO)c(N=Nc5ccc(N)cc5S(=O)(=O)O)cc4OCCO)c(O)c3c2O)c(S(=O)(=O)O)c1. The number of phenols is 4. The van der Waals surface area contributed by atoms with Crippen LogP contribution in [-0.4, -0.2) is 209 Å². The van der Waals surface area contributed by atoms with Gasteiger partial charge in [-0.1, -0.05) is 10.9 Å². The van der Waals surface area contributed by atoms with Crippen LogP contribution in [0.25, 0.3) is 21.5 Å². The van der Waals surface area contributed by atoms with Crippen molar-refractivity contribution in [2.75, 3.05) is 71.4 Å². The molecule has 0 atom stereocenters. The Hall–Kier alpha value is -13.2. The van der Waals surface area contributed by atoms with E-state index in [1.807, 2.05) is 0 Å². The molecule has 0 aliphatic rings. The molecule has 0 amide bonds. The van der Waals surface area contributed by atoms with E-state index in [4.69, 9.17) is 30.4 Å². The van der Waals surface area contributed by atoms with Crippen LogP contribution < -0.4 is 30.4 Å². The van der Waals surface area contributed by atoms with Crippen LogP contribution >= 0.6 is 0 Å². The second-order valence-corrected chi connectivity index (χ2v) is 36.1. The molecule has 10 rings (SSSR count). The predicted molar refractivity (Wildman–Crippen MR) is 432 cm³/mol. The second kappa shape index (κ2) is 38.8. The normalized spacial score (nSPS) is 13.0. The van der Waals surface area contributed by atoms with Crippen molar-refractivity contribution >= 4 is 188 Å². The second-order valence-electron chi connectivity index (χ2n) is 25.0. The monoisotopic (exact) mass is 1930 g/mol. The Bertz CT molecular complexity index is 7330. The van der Waals surface area contributed by atoms with Gasteiger partial charge in [-0.05, 0) is 114 Å². The standard InChI is InChI=1S/C33H31N9O19S4.C33H31N7O18S4/c1-42(47)41-18-3-5-20(26(13-18)63(51,52)53)36-39-30-27(64(54,55)56)10-16-11-28(65(57,58)59)31(33(46)29(16)32(30)45)40-38-22-15-23(60-8-6-43)21(14-24(22)61-9-7-44)37-35-19-4-2-17(34)12-25(19)62(48,49)50;1-16-2-4-19(25(10-16)59(45,46)47)36-39-30-27(61(51,52)53)11-17-12-28(62(54,55)56)31(33(44)29(17)32(30)43)40-38-22-15-23(57-8-6-41)21(14-24(22)58-9-7-42)37-35-20-5-3-18(34)13-26(20)60(48,49)50/h2-5,10-15,43-46H,6-9,34H2,1H3,(H,48,49,50)(H,51,52,53)(H,54,55,56)(H,57,58,59);2-5,10-15,41-44H,6-9,34H2,1H3,(H,45,46,47)(H,48,49,50)(H,51,52,53)(H,54,55,56). The molecular weight excluding hydrogens is 1870 g/mol. The van der Waals surface area contributed by atoms with Crippen LogP contribution in [0.5, 0.6) is 46.0 Å². The average molecular weight is 1930 g/mol. The van der Waals surface area contributed by atoms with Crippen molar-refractivity contribution in [1.82, 2.24) is 0 Å². The molecule has 0 heterocycles. The van der Waals surface area contributed by atoms with Gasteiger partial charge in [-0.2, -0.15) is 67.3 Å². The number of aryl methyl sites for hydroxylation is 1. The van der Waals surface area contributed by atoms with Gasteiger partial charge in [-0.15, -0.1) is 61.4 Å². The zero-order valence-corrected chi connectivity index (χ0v) is 70.1. The van der Waals surface area contributed by atoms with Crippen molar-refractivity contribution in [3.05, 3.63) is 132 Å². The number of benzene rings is 10. The minimum Gasteiger partial charge on any atom is -0.600 e. The van der Waals surface area contributed by atoms with Gasteiger partial charge < -0.3 is 76.5 Å². The number of hydrogen-bond donors (Lipinski definition) is 18. The molecule has 0 aliphatic carbocycles. The first-order valence-electron chi connectivity index (χ1n) is 34.0. The number of anilines is 2. The van der Waals surface area contributed by atoms with Crippen molar-refractivity contribution in [2.45, 2.75) is 46.1 Å². The third-order valence-corrected chi connectivity index (χ3v) is 23.0. The molecule has 0 saturated heterocycles. The first-order valence-corrected chi connectivity index (χ1v) is 45.5. The van der Waals surface area contributed by atoms with Crippen molar-refractivity contribution in [1.29, 1.82) is 0 Å². The lowest BCUT2D eigenvalue weighted by Crippen LogP contribution is -2.04. The number of ether oxygens (including phenoxy) is 4. The summed E-state index contributed by atoms with van der Waals surface area (Å²) >= 11 is 0. The Morgan fingerprint density at radius 2 is 0.535 bits per heavy atom. The van der Waals surface area contributed by atoms with Gasteiger partial charge in [0.05, 0.1) is 37.2 Å². The Balaban J connectivity index is 0.000000287. The van der Waals surface area contributed by atoms with E-state index < -0.39 is 274 Å². The van der Waals surface area contributed by atoms with Gasteiger partial charge in [-0.25, -0.2) is 0 Å². The molecule has 0 fully saturated rings. The van der Waals surface area contributed by atoms with Gasteiger partial charge in [0.15, 0.2) is 30.0 Å². The lowest BCUT2D eigenvalue weighted by molar-refractivity contribution is -0.493. The van der Waals surface area contributed by atoms with Gasteiger partial charge >= 0.3 is 0 Å². The number of azo groups is 7. The van der Waals surface area contributed by atoms with Gasteiger partial charge in [0.2, 0.25) is 0 Å². The number of aromatic hydroxyl groups is 4. The molecule has 61 heteroatoms. The van der Waals surface area contributed by atoms with Crippen LogP contribution in [0.1, 0.15) is 5.56 Å². The minimum atomic E-state index is -5.47. The predicted octanol–water partition coefficient (Wildman–Crippen LogP) is 10.1. The number of hydrogen-bond acceptors (Lipinski definition) is 44. The fourth-order valence-electron chi connectivity index (χ4n) is 10.8. The highest BCUT2D eigenvalue weighted by molar-refractivity contribution is 7.88. The Labute approximate surface area is 713 Å². The van der Waals surface area contributed by atoms with E-state index in [0.29, 0.717) is 35.9 Å². The number of hydroxylamine groups is 1. The van der Waals surface area contributed by atoms with Gasteiger partial charge in [-0.3, -0.25) is 36.4 Å². The molecular formula is C66H62N16O37S8. The number of nitrogens with two attached hydrogens (primary N) is 2. The smallest absolute Gasteiger partial charge is 0.296 e. The molecule has 0 bridgehead atoms. The number of nitrogens with zero attached hydrogens (tertiary/aromatic N) is 14. The van der Waals surface area contributed by atoms with Crippen molar-refractivity contribution in [2.24, 2.45) is 66.5 Å². The number of rotatable bonds is 33. The van der Waals surface area contributed by atoms with E-state index in [1.54, 1.807) is 0 Å². The third kappa shape index (κ3) is 23.9. The largest absolute Gasteiger partial charge is 0.600 e. The summed E-state index contributed by atoms with van der Waals surface area (Å²) in [6.07, 6.45) is 0. The first kappa shape index (κ1) is 97.6. The number of fused-ring (bicyclic) bond motifs is 2. The zero-order chi connectivity index (χ0) is 94.2. The van der Waals surface area contributed by atoms with Crippen molar-refractivity contribution < 1.29 is 168 Å². The number of aliphatic hydroxyl groups excluding tert-OH is 4. The maximum Gasteiger partial charge on any atom is 0.296 e. The molecule has 10 aromatic carbocycles. The molecule has 0 aliphatic heterocycles. The third-order valence-electron chi connectivity index (χ3n) is 16.0. The van der Waals surface area contributed by atoms with E-state index in [-0.39, 0.29) is 56.3 Å². The van der Waals surface area contributed by atoms with E-state index in [2.05, 4.69) is 66.5 Å². The van der Waals surface area contributed by atoms with Crippen LogP contribution in [0.2, 0.25) is 0 Å². The van der Waals surface area contributed by atoms with E-state index >= 15 is 0 Å². The fourth-order valence-corrected chi connectivity index (χ4v) is 16.1. The summed E-state index contributed by atoms with van der Waals surface area (Å²) in [5.41, 5.74) is 3.03. The van der Waals surface area contributed by atoms with Crippen molar-refractivity contribution in [3.8, 4) is 46.0 Å². The van der Waals surface area contributed by atoms with Crippen LogP contribution in [0.4, 0.5) is 85.3 Å². The summed E-state index contributed by atoms with van der Waals surface area (Å²) < 4.78 is 298. The molecule has 0 spiro atoms. The summed E-state index contributed by atoms with van der Waals surface area (Å²) in [5.74, 6) is -6.68. The highest BCUT2D eigenvalue weighted by Gasteiger charge is 2.33. The number of phenolic OH excluding ortho intramolecular Hbond substituents is 4. The van der Waals surface area contributed by atoms with Gasteiger partial charge in [0.25, 0.3) is 80.9 Å². The van der Waals surface area contributed by atoms with Crippen LogP contribution in [0, 0.1) is 12.1 Å². The lowest BCUT2D eigenvalue weighted by Gasteiger charge is -2.14. The highest BCUT2D eigenvalue weighted by atomic mass is 32.2. The molecule has 20 N–H and O–H groups in total. The first-order chi connectivity index (χ1) is 59.1. The molecule has 10 aromatic rings. The summed E-state index contributed by atoms with van der Waals surface area (Å²) in [7, 11) is -40.7. The summed E-state index contributed by atoms with van der Waals surface area (Å²) in [6, 6.07) is 18.5. The quantitative estimate of drug-likeness (QED) is 0.00597. The number of aliphatic hydroxyl groups is 4. The molecule has 0 unspecified atom stereocenters. The Morgan fingerprint density at radius 3 is 0.795 bits per heavy atom. The minimum absolute atomic E-state index is 0.0423. The summed E-state index contributed by atoms with van der Waals surface area (Å²) in [6.45, 7) is -2.62. The number of nitrogen functional groups attached to an aromatic ring is 2. The molecule has 0 radical (unpaired) electrons. The van der Waals surface area contributed by atoms with E-state index in [1.165, 1.54) is 25.1 Å². The fraction of sp³-hybridized carbons (Fsp3) is 0.152. The maximum absolute atomic E-state index is 12.7. The van der Waals surface area contributed by atoms with Gasteiger partial charge in [0, 0.05) is 40.8 Å². The summed E-state index contributed by atoms with van der Waals surface area (Å²) in [4.78, 5) is -8.36. The van der Waals surface area contributed by atoms with E-state index in [0.717, 1.165) is 79.8 Å². The van der Waals surface area contributed by atoms with Gasteiger partial charge in [0.1, 0.15) is 163 Å². The molecule has 0 saturated carbocycles. The highest BCUT2D eigenvalue weighted by Crippen LogP contribution is 2.54. The average Bonchev–Trinajstić information content (AvgIpc) is 0.740. The van der Waals surface area contributed by atoms with Crippen LogP contribution in [0.3, 0.4) is 0 Å². The van der Waals surface area contributed by atoms with E-state index in [9.17, 15) is 150 Å². The topological polar surface area (TPSA) is 873 Å². The Kier molecular flexibility index (Phi) is 29.8. The molecule has 676 valence electrons. The van der Waals surface area contributed by atoms with Crippen LogP contribution in [0.15, 0.2) is 227 Å². The maximum atomic E-state index is 12.7. The molecule has 0 aromatic heterocycles. The molecule has 53 nitrogen and oxygen atoms in total. The van der Waals surface area contributed by atoms with Crippen LogP contribution in [-0.2, 0) is 80.9 Å². The zero-order valence-electron chi connectivity index (χ0n) is 63.6. The summed E-state index contributed by atoms with van der Waals surface area (Å²) in [5, 5.41) is 140. The lowest BCUT2D eigenvalue weighted by atomic mass is 10.1. The molecule has 127 heavy (non-hydrogen) atoms.